The van der Waals surface area contributed by atoms with E-state index in [9.17, 15) is 4.79 Å². The number of hydrogen-bond acceptors (Lipinski definition) is 4. The maximum atomic E-state index is 11.8. The lowest BCUT2D eigenvalue weighted by atomic mass is 10.1. The summed E-state index contributed by atoms with van der Waals surface area (Å²) in [7, 11) is 0. The van der Waals surface area contributed by atoms with E-state index in [1.54, 1.807) is 24.3 Å². The summed E-state index contributed by atoms with van der Waals surface area (Å²) in [5.74, 6) is 0.188. The molecule has 2 aromatic rings. The van der Waals surface area contributed by atoms with Crippen molar-refractivity contribution >= 4 is 11.6 Å². The molecule has 0 unspecified atom stereocenters. The van der Waals surface area contributed by atoms with Crippen molar-refractivity contribution in [1.82, 2.24) is 5.43 Å². The van der Waals surface area contributed by atoms with Crippen LogP contribution in [0.4, 0.5) is 0 Å². The summed E-state index contributed by atoms with van der Waals surface area (Å²) in [6.45, 7) is 3.85. The van der Waals surface area contributed by atoms with Gasteiger partial charge in [-0.3, -0.25) is 4.79 Å². The molecule has 0 saturated heterocycles. The molecule has 0 fully saturated rings. The van der Waals surface area contributed by atoms with Gasteiger partial charge in [-0.1, -0.05) is 37.6 Å². The van der Waals surface area contributed by atoms with Crippen LogP contribution in [-0.2, 0) is 11.2 Å². The highest BCUT2D eigenvalue weighted by atomic mass is 16.5. The van der Waals surface area contributed by atoms with Gasteiger partial charge in [0.15, 0.2) is 6.61 Å². The summed E-state index contributed by atoms with van der Waals surface area (Å²) in [6.07, 6.45) is 2.17. The molecule has 0 aliphatic heterocycles. The molecule has 0 aromatic heterocycles. The summed E-state index contributed by atoms with van der Waals surface area (Å²) in [5.41, 5.74) is 6.02. The molecule has 1 N–H and O–H groups in total. The highest BCUT2D eigenvalue weighted by molar-refractivity contribution is 5.99. The zero-order chi connectivity index (χ0) is 18.1. The van der Waals surface area contributed by atoms with Crippen molar-refractivity contribution in [1.29, 1.82) is 5.26 Å². The first-order valence-electron chi connectivity index (χ1n) is 8.17. The molecule has 5 nitrogen and oxygen atoms in total. The number of nitriles is 1. The van der Waals surface area contributed by atoms with Crippen LogP contribution < -0.4 is 10.2 Å². The molecule has 5 heteroatoms. The molecule has 128 valence electrons. The molecule has 25 heavy (non-hydrogen) atoms. The van der Waals surface area contributed by atoms with E-state index in [1.807, 2.05) is 25.1 Å². The zero-order valence-corrected chi connectivity index (χ0v) is 14.5. The summed E-state index contributed by atoms with van der Waals surface area (Å²) >= 11 is 0. The highest BCUT2D eigenvalue weighted by Crippen LogP contribution is 2.11. The standard InChI is InChI=1S/C20H21N3O2/c1-3-4-16-5-9-18(10-6-16)15(2)22-23-20(24)14-25-19-11-7-17(13-21)8-12-19/h5-12H,3-4,14H2,1-2H3,(H,23,24)/b22-15-. The third kappa shape index (κ3) is 5.78. The monoisotopic (exact) mass is 335 g/mol. The second-order valence-electron chi connectivity index (χ2n) is 5.60. The summed E-state index contributed by atoms with van der Waals surface area (Å²) in [4.78, 5) is 11.8. The Kier molecular flexibility index (Phi) is 6.73. The Morgan fingerprint density at radius 1 is 1.16 bits per heavy atom. The van der Waals surface area contributed by atoms with Crippen LogP contribution in [0.15, 0.2) is 53.6 Å². The zero-order valence-electron chi connectivity index (χ0n) is 14.5. The number of nitrogens with one attached hydrogen (secondary N) is 1. The molecule has 0 radical (unpaired) electrons. The average molecular weight is 335 g/mol. The molecular weight excluding hydrogens is 314 g/mol. The molecule has 0 spiro atoms. The minimum absolute atomic E-state index is 0.141. The molecule has 0 atom stereocenters. The van der Waals surface area contributed by atoms with Gasteiger partial charge < -0.3 is 4.74 Å². The topological polar surface area (TPSA) is 74.5 Å². The number of hydrogen-bond donors (Lipinski definition) is 1. The Bertz CT molecular complexity index is 772. The van der Waals surface area contributed by atoms with E-state index >= 15 is 0 Å². The van der Waals surface area contributed by atoms with E-state index in [-0.39, 0.29) is 12.5 Å². The van der Waals surface area contributed by atoms with Crippen molar-refractivity contribution in [3.05, 3.63) is 65.2 Å². The van der Waals surface area contributed by atoms with E-state index < -0.39 is 0 Å². The largest absolute Gasteiger partial charge is 0.484 e. The van der Waals surface area contributed by atoms with E-state index in [0.717, 1.165) is 24.1 Å². The van der Waals surface area contributed by atoms with Crippen LogP contribution in [0.1, 0.15) is 37.0 Å². The van der Waals surface area contributed by atoms with Crippen molar-refractivity contribution in [3.8, 4) is 11.8 Å². The molecule has 1 amide bonds. The van der Waals surface area contributed by atoms with Crippen LogP contribution in [0.2, 0.25) is 0 Å². The Morgan fingerprint density at radius 2 is 1.84 bits per heavy atom. The van der Waals surface area contributed by atoms with Crippen LogP contribution in [0.3, 0.4) is 0 Å². The molecule has 2 aromatic carbocycles. The quantitative estimate of drug-likeness (QED) is 0.622. The number of hydrazone groups is 1. The highest BCUT2D eigenvalue weighted by Gasteiger charge is 2.03. The fourth-order valence-electron chi connectivity index (χ4n) is 2.22. The summed E-state index contributed by atoms with van der Waals surface area (Å²) < 4.78 is 5.36. The number of amides is 1. The molecule has 0 heterocycles. The Hall–Kier alpha value is -3.13. The number of nitrogens with zero attached hydrogens (tertiary/aromatic N) is 2. The fourth-order valence-corrected chi connectivity index (χ4v) is 2.22. The first-order valence-corrected chi connectivity index (χ1v) is 8.17. The molecule has 0 aliphatic rings. The van der Waals surface area contributed by atoms with Crippen molar-refractivity contribution in [3.63, 3.8) is 0 Å². The van der Waals surface area contributed by atoms with Gasteiger partial charge in [-0.05, 0) is 48.7 Å². The number of carbonyl (C=O) groups is 1. The van der Waals surface area contributed by atoms with Crippen LogP contribution >= 0.6 is 0 Å². The number of carbonyl (C=O) groups excluding carboxylic acids is 1. The number of benzene rings is 2. The fraction of sp³-hybridized carbons (Fsp3) is 0.250. The summed E-state index contributed by atoms with van der Waals surface area (Å²) in [5, 5.41) is 12.8. The summed E-state index contributed by atoms with van der Waals surface area (Å²) in [6, 6.07) is 16.8. The van der Waals surface area contributed by atoms with Crippen LogP contribution in [-0.4, -0.2) is 18.2 Å². The SMILES string of the molecule is CCCc1ccc(/C(C)=N\NC(=O)COc2ccc(C#N)cc2)cc1. The Labute approximate surface area is 147 Å². The van der Waals surface area contributed by atoms with Gasteiger partial charge in [-0.2, -0.15) is 10.4 Å². The number of aryl methyl sites for hydroxylation is 1. The van der Waals surface area contributed by atoms with Gasteiger partial charge in [0.2, 0.25) is 0 Å². The second kappa shape index (κ2) is 9.24. The van der Waals surface area contributed by atoms with Crippen LogP contribution in [0.25, 0.3) is 0 Å². The van der Waals surface area contributed by atoms with Gasteiger partial charge in [0.05, 0.1) is 17.3 Å². The van der Waals surface area contributed by atoms with E-state index in [2.05, 4.69) is 29.6 Å². The smallest absolute Gasteiger partial charge is 0.277 e. The van der Waals surface area contributed by atoms with Crippen LogP contribution in [0.5, 0.6) is 5.75 Å². The van der Waals surface area contributed by atoms with Crippen molar-refractivity contribution in [2.75, 3.05) is 6.61 Å². The van der Waals surface area contributed by atoms with Gasteiger partial charge in [0.1, 0.15) is 5.75 Å². The van der Waals surface area contributed by atoms with E-state index in [0.29, 0.717) is 11.3 Å². The predicted octanol–water partition coefficient (Wildman–Crippen LogP) is 3.43. The normalized spacial score (nSPS) is 10.8. The van der Waals surface area contributed by atoms with Crippen molar-refractivity contribution in [2.24, 2.45) is 5.10 Å². The van der Waals surface area contributed by atoms with Gasteiger partial charge >= 0.3 is 0 Å². The maximum Gasteiger partial charge on any atom is 0.277 e. The predicted molar refractivity (Wildman–Crippen MR) is 97.4 cm³/mol. The molecular formula is C20H21N3O2. The van der Waals surface area contributed by atoms with Gasteiger partial charge in [-0.25, -0.2) is 5.43 Å². The molecule has 0 bridgehead atoms. The molecule has 0 saturated carbocycles. The third-order valence-corrected chi connectivity index (χ3v) is 3.61. The lowest BCUT2D eigenvalue weighted by molar-refractivity contribution is -0.123. The first kappa shape index (κ1) is 18.2. The van der Waals surface area contributed by atoms with Crippen LogP contribution in [0, 0.1) is 11.3 Å². The number of rotatable bonds is 7. The lowest BCUT2D eigenvalue weighted by Gasteiger charge is -2.06. The Morgan fingerprint density at radius 3 is 2.44 bits per heavy atom. The molecule has 2 rings (SSSR count). The van der Waals surface area contributed by atoms with Crippen molar-refractivity contribution in [2.45, 2.75) is 26.7 Å². The Balaban J connectivity index is 1.84. The van der Waals surface area contributed by atoms with E-state index in [4.69, 9.17) is 10.00 Å². The van der Waals surface area contributed by atoms with Gasteiger partial charge in [-0.15, -0.1) is 0 Å². The lowest BCUT2D eigenvalue weighted by Crippen LogP contribution is -2.25. The third-order valence-electron chi connectivity index (χ3n) is 3.61. The second-order valence-corrected chi connectivity index (χ2v) is 5.60. The average Bonchev–Trinajstić information content (AvgIpc) is 2.65. The maximum absolute atomic E-state index is 11.8. The van der Waals surface area contributed by atoms with Crippen molar-refractivity contribution < 1.29 is 9.53 Å². The number of ether oxygens (including phenoxy) is 1. The van der Waals surface area contributed by atoms with E-state index in [1.165, 1.54) is 5.56 Å². The first-order chi connectivity index (χ1) is 12.1. The molecule has 0 aliphatic carbocycles. The van der Waals surface area contributed by atoms with Gasteiger partial charge in [0.25, 0.3) is 5.91 Å². The van der Waals surface area contributed by atoms with Gasteiger partial charge in [0, 0.05) is 0 Å². The minimum atomic E-state index is -0.341. The minimum Gasteiger partial charge on any atom is -0.484 e.